The molecule has 0 aliphatic rings. The smallest absolute Gasteiger partial charge is 0.243 e. The predicted molar refractivity (Wildman–Crippen MR) is 69.4 cm³/mol. The first-order chi connectivity index (χ1) is 8.11. The molecule has 1 aromatic carbocycles. The van der Waals surface area contributed by atoms with Gasteiger partial charge in [-0.05, 0) is 31.0 Å². The minimum Gasteiger partial charge on any atom is -0.337 e. The van der Waals surface area contributed by atoms with E-state index in [2.05, 4.69) is 26.1 Å². The van der Waals surface area contributed by atoms with Crippen LogP contribution in [0.4, 0.5) is 0 Å². The fourth-order valence-electron chi connectivity index (χ4n) is 1.47. The van der Waals surface area contributed by atoms with Crippen LogP contribution in [0.1, 0.15) is 30.8 Å². The Bertz CT molecular complexity index is 524. The fourth-order valence-corrected chi connectivity index (χ4v) is 2.14. The van der Waals surface area contributed by atoms with Gasteiger partial charge in [-0.1, -0.05) is 34.1 Å². The van der Waals surface area contributed by atoms with Gasteiger partial charge in [-0.3, -0.25) is 0 Å². The standard InChI is InChI=1S/C12H14BrN3O/c1-3-10(14)12-15-11(16-17-12)8-5-4-7(2)6-9(8)13/h4-6,10H,3,14H2,1-2H3/t10-/m1/s1. The van der Waals surface area contributed by atoms with Crippen molar-refractivity contribution in [1.82, 2.24) is 10.1 Å². The Labute approximate surface area is 108 Å². The van der Waals surface area contributed by atoms with Crippen LogP contribution < -0.4 is 5.73 Å². The molecule has 0 bridgehead atoms. The number of benzene rings is 1. The van der Waals surface area contributed by atoms with Gasteiger partial charge in [0, 0.05) is 10.0 Å². The molecule has 0 saturated heterocycles. The molecule has 2 aromatic rings. The van der Waals surface area contributed by atoms with Gasteiger partial charge in [0.15, 0.2) is 0 Å². The van der Waals surface area contributed by atoms with Crippen LogP contribution in [-0.2, 0) is 0 Å². The molecule has 2 N–H and O–H groups in total. The molecule has 0 aliphatic carbocycles. The Morgan fingerprint density at radius 2 is 2.24 bits per heavy atom. The molecule has 1 aromatic heterocycles. The van der Waals surface area contributed by atoms with Crippen molar-refractivity contribution in [2.24, 2.45) is 5.73 Å². The van der Waals surface area contributed by atoms with E-state index in [0.29, 0.717) is 11.7 Å². The Kier molecular flexibility index (Phi) is 3.59. The van der Waals surface area contributed by atoms with Crippen molar-refractivity contribution in [1.29, 1.82) is 0 Å². The molecule has 1 atom stereocenters. The van der Waals surface area contributed by atoms with Gasteiger partial charge >= 0.3 is 0 Å². The number of rotatable bonds is 3. The minimum atomic E-state index is -0.194. The predicted octanol–water partition coefficient (Wildman–Crippen LogP) is 3.22. The maximum absolute atomic E-state index is 5.84. The average molecular weight is 296 g/mol. The highest BCUT2D eigenvalue weighted by molar-refractivity contribution is 9.10. The van der Waals surface area contributed by atoms with Crippen LogP contribution in [0.2, 0.25) is 0 Å². The third-order valence-corrected chi connectivity index (χ3v) is 3.22. The van der Waals surface area contributed by atoms with Gasteiger partial charge < -0.3 is 10.3 Å². The van der Waals surface area contributed by atoms with Gasteiger partial charge in [-0.2, -0.15) is 4.98 Å². The summed E-state index contributed by atoms with van der Waals surface area (Å²) in [4.78, 5) is 4.31. The SMILES string of the molecule is CC[C@@H](N)c1nc(-c2ccc(C)cc2Br)no1. The lowest BCUT2D eigenvalue weighted by molar-refractivity contribution is 0.352. The Balaban J connectivity index is 2.37. The van der Waals surface area contributed by atoms with Gasteiger partial charge in [-0.15, -0.1) is 0 Å². The summed E-state index contributed by atoms with van der Waals surface area (Å²) in [5.41, 5.74) is 7.93. The molecule has 0 saturated carbocycles. The first-order valence-electron chi connectivity index (χ1n) is 5.47. The van der Waals surface area contributed by atoms with Crippen LogP contribution in [0.3, 0.4) is 0 Å². The average Bonchev–Trinajstić information content (AvgIpc) is 2.77. The molecule has 17 heavy (non-hydrogen) atoms. The zero-order chi connectivity index (χ0) is 12.4. The number of aryl methyl sites for hydroxylation is 1. The van der Waals surface area contributed by atoms with Crippen LogP contribution in [0.25, 0.3) is 11.4 Å². The van der Waals surface area contributed by atoms with E-state index in [1.165, 1.54) is 5.56 Å². The molecule has 0 fully saturated rings. The first kappa shape index (κ1) is 12.3. The molecule has 2 rings (SSSR count). The first-order valence-corrected chi connectivity index (χ1v) is 6.26. The lowest BCUT2D eigenvalue weighted by Gasteiger charge is -2.01. The number of aromatic nitrogens is 2. The van der Waals surface area contributed by atoms with Crippen molar-refractivity contribution in [3.63, 3.8) is 0 Å². The zero-order valence-corrected chi connectivity index (χ0v) is 11.4. The van der Waals surface area contributed by atoms with Gasteiger partial charge in [0.2, 0.25) is 11.7 Å². The lowest BCUT2D eigenvalue weighted by Crippen LogP contribution is -2.08. The van der Waals surface area contributed by atoms with Crippen molar-refractivity contribution in [3.8, 4) is 11.4 Å². The maximum Gasteiger partial charge on any atom is 0.243 e. The number of hydrogen-bond acceptors (Lipinski definition) is 4. The van der Waals surface area contributed by atoms with Crippen LogP contribution in [0.15, 0.2) is 27.2 Å². The van der Waals surface area contributed by atoms with E-state index >= 15 is 0 Å². The molecule has 4 nitrogen and oxygen atoms in total. The number of nitrogens with zero attached hydrogens (tertiary/aromatic N) is 2. The summed E-state index contributed by atoms with van der Waals surface area (Å²) in [5, 5.41) is 3.95. The van der Waals surface area contributed by atoms with Gasteiger partial charge in [0.1, 0.15) is 0 Å². The largest absolute Gasteiger partial charge is 0.337 e. The quantitative estimate of drug-likeness (QED) is 0.944. The van der Waals surface area contributed by atoms with Gasteiger partial charge in [-0.25, -0.2) is 0 Å². The van der Waals surface area contributed by atoms with E-state index in [4.69, 9.17) is 10.3 Å². The zero-order valence-electron chi connectivity index (χ0n) is 9.77. The fraction of sp³-hybridized carbons (Fsp3) is 0.333. The van der Waals surface area contributed by atoms with E-state index in [-0.39, 0.29) is 6.04 Å². The van der Waals surface area contributed by atoms with E-state index in [0.717, 1.165) is 16.5 Å². The molecule has 0 radical (unpaired) electrons. The monoisotopic (exact) mass is 295 g/mol. The summed E-state index contributed by atoms with van der Waals surface area (Å²) in [6.07, 6.45) is 0.775. The van der Waals surface area contributed by atoms with Crippen LogP contribution in [0.5, 0.6) is 0 Å². The number of halogens is 1. The minimum absolute atomic E-state index is 0.194. The Morgan fingerprint density at radius 3 is 2.88 bits per heavy atom. The summed E-state index contributed by atoms with van der Waals surface area (Å²) in [5.74, 6) is 1.05. The molecular formula is C12H14BrN3O. The van der Waals surface area contributed by atoms with E-state index in [9.17, 15) is 0 Å². The molecule has 0 unspecified atom stereocenters. The van der Waals surface area contributed by atoms with E-state index < -0.39 is 0 Å². The summed E-state index contributed by atoms with van der Waals surface area (Å²) < 4.78 is 6.10. The summed E-state index contributed by atoms with van der Waals surface area (Å²) in [6, 6.07) is 5.80. The van der Waals surface area contributed by atoms with Crippen LogP contribution >= 0.6 is 15.9 Å². The van der Waals surface area contributed by atoms with Crippen molar-refractivity contribution in [3.05, 3.63) is 34.1 Å². The second-order valence-corrected chi connectivity index (χ2v) is 4.81. The normalized spacial score (nSPS) is 12.7. The molecule has 90 valence electrons. The van der Waals surface area contributed by atoms with Crippen molar-refractivity contribution in [2.75, 3.05) is 0 Å². The van der Waals surface area contributed by atoms with Gasteiger partial charge in [0.25, 0.3) is 0 Å². The highest BCUT2D eigenvalue weighted by Crippen LogP contribution is 2.27. The molecule has 0 amide bonds. The summed E-state index contributed by atoms with van der Waals surface area (Å²) in [7, 11) is 0. The number of hydrogen-bond donors (Lipinski definition) is 1. The molecule has 1 heterocycles. The van der Waals surface area contributed by atoms with Gasteiger partial charge in [0.05, 0.1) is 6.04 Å². The number of nitrogens with two attached hydrogens (primary N) is 1. The third-order valence-electron chi connectivity index (χ3n) is 2.56. The summed E-state index contributed by atoms with van der Waals surface area (Å²) >= 11 is 3.49. The highest BCUT2D eigenvalue weighted by Gasteiger charge is 2.15. The molecular weight excluding hydrogens is 282 g/mol. The Morgan fingerprint density at radius 1 is 1.47 bits per heavy atom. The third kappa shape index (κ3) is 2.56. The lowest BCUT2D eigenvalue weighted by atomic mass is 10.1. The highest BCUT2D eigenvalue weighted by atomic mass is 79.9. The van der Waals surface area contributed by atoms with E-state index in [1.807, 2.05) is 32.0 Å². The maximum atomic E-state index is 5.84. The van der Waals surface area contributed by atoms with Crippen molar-refractivity contribution >= 4 is 15.9 Å². The van der Waals surface area contributed by atoms with Crippen LogP contribution in [-0.4, -0.2) is 10.1 Å². The molecule has 0 aliphatic heterocycles. The second-order valence-electron chi connectivity index (χ2n) is 3.95. The van der Waals surface area contributed by atoms with Crippen molar-refractivity contribution < 1.29 is 4.52 Å². The molecule has 5 heteroatoms. The molecule has 0 spiro atoms. The second kappa shape index (κ2) is 4.98. The Hall–Kier alpha value is -1.20. The van der Waals surface area contributed by atoms with E-state index in [1.54, 1.807) is 0 Å². The van der Waals surface area contributed by atoms with Crippen LogP contribution in [0, 0.1) is 6.92 Å². The summed E-state index contributed by atoms with van der Waals surface area (Å²) in [6.45, 7) is 4.01. The van der Waals surface area contributed by atoms with Crippen molar-refractivity contribution in [2.45, 2.75) is 26.3 Å². The topological polar surface area (TPSA) is 64.9 Å².